The first kappa shape index (κ1) is 14.6. The quantitative estimate of drug-likeness (QED) is 0.695. The molecule has 0 radical (unpaired) electrons. The number of hydrogen-bond donors (Lipinski definition) is 3. The van der Waals surface area contributed by atoms with E-state index in [1.807, 2.05) is 0 Å². The number of hydrogen-bond acceptors (Lipinski definition) is 5. The molecule has 4 N–H and O–H groups in total. The standard InChI is InChI=1S/C12H16N2O5S/c13-8-3-4-11(10(6-8)12(15)16)14-20(17,18)7-9-2-1-5-19-9/h3-4,6,9,14H,1-2,5,7,13H2,(H,15,16). The van der Waals surface area contributed by atoms with E-state index in [1.54, 1.807) is 0 Å². The maximum atomic E-state index is 12.0. The van der Waals surface area contributed by atoms with E-state index in [0.717, 1.165) is 6.42 Å². The molecule has 20 heavy (non-hydrogen) atoms. The Labute approximate surface area is 116 Å². The molecule has 1 aliphatic heterocycles. The van der Waals surface area contributed by atoms with E-state index in [2.05, 4.69) is 4.72 Å². The normalized spacial score (nSPS) is 18.9. The molecule has 1 saturated heterocycles. The Morgan fingerprint density at radius 2 is 2.25 bits per heavy atom. The number of carboxylic acids is 1. The Balaban J connectivity index is 2.18. The summed E-state index contributed by atoms with van der Waals surface area (Å²) >= 11 is 0. The van der Waals surface area contributed by atoms with Gasteiger partial charge in [0.15, 0.2) is 0 Å². The lowest BCUT2D eigenvalue weighted by atomic mass is 10.1. The average molecular weight is 300 g/mol. The molecule has 0 amide bonds. The summed E-state index contributed by atoms with van der Waals surface area (Å²) in [5.74, 6) is -1.43. The van der Waals surface area contributed by atoms with Crippen molar-refractivity contribution in [3.63, 3.8) is 0 Å². The number of sulfonamides is 1. The minimum atomic E-state index is -3.67. The lowest BCUT2D eigenvalue weighted by Crippen LogP contribution is -2.26. The molecule has 1 heterocycles. The average Bonchev–Trinajstić information content (AvgIpc) is 2.82. The number of aromatic carboxylic acids is 1. The summed E-state index contributed by atoms with van der Waals surface area (Å²) in [5, 5.41) is 9.06. The van der Waals surface area contributed by atoms with Gasteiger partial charge < -0.3 is 15.6 Å². The molecule has 0 aromatic heterocycles. The highest BCUT2D eigenvalue weighted by Crippen LogP contribution is 2.21. The molecule has 0 aliphatic carbocycles. The first-order chi connectivity index (χ1) is 9.37. The highest BCUT2D eigenvalue weighted by atomic mass is 32.2. The van der Waals surface area contributed by atoms with E-state index in [4.69, 9.17) is 15.6 Å². The number of benzene rings is 1. The molecule has 2 rings (SSSR count). The largest absolute Gasteiger partial charge is 0.478 e. The number of nitrogens with one attached hydrogen (secondary N) is 1. The maximum absolute atomic E-state index is 12.0. The van der Waals surface area contributed by atoms with Gasteiger partial charge in [0.05, 0.1) is 23.1 Å². The maximum Gasteiger partial charge on any atom is 0.337 e. The van der Waals surface area contributed by atoms with Gasteiger partial charge in [0.1, 0.15) is 0 Å². The highest BCUT2D eigenvalue weighted by molar-refractivity contribution is 7.92. The summed E-state index contributed by atoms with van der Waals surface area (Å²) in [7, 11) is -3.67. The fraction of sp³-hybridized carbons (Fsp3) is 0.417. The molecule has 1 aliphatic rings. The number of anilines is 2. The van der Waals surface area contributed by atoms with Gasteiger partial charge in [0.25, 0.3) is 0 Å². The predicted octanol–water partition coefficient (Wildman–Crippen LogP) is 0.888. The fourth-order valence-corrected chi connectivity index (χ4v) is 3.41. The molecule has 8 heteroatoms. The van der Waals surface area contributed by atoms with Gasteiger partial charge in [-0.1, -0.05) is 0 Å². The van der Waals surface area contributed by atoms with E-state index in [0.29, 0.717) is 13.0 Å². The van der Waals surface area contributed by atoms with Crippen LogP contribution in [-0.2, 0) is 14.8 Å². The van der Waals surface area contributed by atoms with Crippen molar-refractivity contribution in [2.45, 2.75) is 18.9 Å². The van der Waals surface area contributed by atoms with Crippen molar-refractivity contribution in [1.29, 1.82) is 0 Å². The van der Waals surface area contributed by atoms with Crippen molar-refractivity contribution < 1.29 is 23.1 Å². The number of rotatable bonds is 5. The van der Waals surface area contributed by atoms with Crippen LogP contribution in [0.15, 0.2) is 18.2 Å². The van der Waals surface area contributed by atoms with Crippen LogP contribution >= 0.6 is 0 Å². The molecular weight excluding hydrogens is 284 g/mol. The third-order valence-electron chi connectivity index (χ3n) is 2.97. The first-order valence-electron chi connectivity index (χ1n) is 6.12. The van der Waals surface area contributed by atoms with Gasteiger partial charge in [-0.25, -0.2) is 13.2 Å². The SMILES string of the molecule is Nc1ccc(NS(=O)(=O)CC2CCCO2)c(C(=O)O)c1. The number of carbonyl (C=O) groups is 1. The van der Waals surface area contributed by atoms with Crippen LogP contribution in [0.3, 0.4) is 0 Å². The number of nitrogen functional groups attached to an aromatic ring is 1. The van der Waals surface area contributed by atoms with E-state index in [9.17, 15) is 13.2 Å². The van der Waals surface area contributed by atoms with Gasteiger partial charge in [0, 0.05) is 12.3 Å². The van der Waals surface area contributed by atoms with E-state index in [-0.39, 0.29) is 28.8 Å². The van der Waals surface area contributed by atoms with E-state index in [1.165, 1.54) is 18.2 Å². The van der Waals surface area contributed by atoms with Crippen LogP contribution in [0.5, 0.6) is 0 Å². The zero-order valence-corrected chi connectivity index (χ0v) is 11.5. The first-order valence-corrected chi connectivity index (χ1v) is 7.77. The Morgan fingerprint density at radius 3 is 2.85 bits per heavy atom. The van der Waals surface area contributed by atoms with Gasteiger partial charge in [-0.15, -0.1) is 0 Å². The topological polar surface area (TPSA) is 119 Å². The molecule has 1 aromatic carbocycles. The van der Waals surface area contributed by atoms with Crippen LogP contribution in [-0.4, -0.2) is 38.0 Å². The van der Waals surface area contributed by atoms with Gasteiger partial charge in [-0.2, -0.15) is 0 Å². The third-order valence-corrected chi connectivity index (χ3v) is 4.31. The van der Waals surface area contributed by atoms with Crippen molar-refractivity contribution in [1.82, 2.24) is 0 Å². The summed E-state index contributed by atoms with van der Waals surface area (Å²) in [4.78, 5) is 11.1. The summed E-state index contributed by atoms with van der Waals surface area (Å²) < 4.78 is 31.5. The van der Waals surface area contributed by atoms with Crippen molar-refractivity contribution in [3.05, 3.63) is 23.8 Å². The predicted molar refractivity (Wildman–Crippen MR) is 74.2 cm³/mol. The number of carboxylic acid groups (broad SMARTS) is 1. The van der Waals surface area contributed by atoms with Crippen molar-refractivity contribution >= 4 is 27.4 Å². The van der Waals surface area contributed by atoms with E-state index >= 15 is 0 Å². The second-order valence-electron chi connectivity index (χ2n) is 4.63. The lowest BCUT2D eigenvalue weighted by Gasteiger charge is -2.13. The molecule has 110 valence electrons. The zero-order chi connectivity index (χ0) is 14.8. The lowest BCUT2D eigenvalue weighted by molar-refractivity contribution is 0.0698. The van der Waals surface area contributed by atoms with Crippen LogP contribution in [0.4, 0.5) is 11.4 Å². The van der Waals surface area contributed by atoms with Crippen molar-refractivity contribution in [3.8, 4) is 0 Å². The highest BCUT2D eigenvalue weighted by Gasteiger charge is 2.24. The summed E-state index contributed by atoms with van der Waals surface area (Å²) in [6.07, 6.45) is 1.19. The summed E-state index contributed by atoms with van der Waals surface area (Å²) in [5.41, 5.74) is 5.58. The molecule has 1 atom stereocenters. The monoisotopic (exact) mass is 300 g/mol. The molecule has 0 spiro atoms. The smallest absolute Gasteiger partial charge is 0.337 e. The second kappa shape index (κ2) is 5.68. The zero-order valence-electron chi connectivity index (χ0n) is 10.7. The van der Waals surface area contributed by atoms with Crippen molar-refractivity contribution in [2.75, 3.05) is 22.8 Å². The molecule has 7 nitrogen and oxygen atoms in total. The van der Waals surface area contributed by atoms with Crippen LogP contribution in [0.25, 0.3) is 0 Å². The molecule has 1 unspecified atom stereocenters. The molecule has 0 saturated carbocycles. The fourth-order valence-electron chi connectivity index (χ4n) is 2.06. The summed E-state index contributed by atoms with van der Waals surface area (Å²) in [6.45, 7) is 0.558. The Bertz CT molecular complexity index is 608. The van der Waals surface area contributed by atoms with Crippen LogP contribution in [0, 0.1) is 0 Å². The Kier molecular flexibility index (Phi) is 4.15. The van der Waals surface area contributed by atoms with Crippen LogP contribution < -0.4 is 10.5 Å². The molecule has 1 fully saturated rings. The van der Waals surface area contributed by atoms with Gasteiger partial charge in [-0.3, -0.25) is 4.72 Å². The number of ether oxygens (including phenoxy) is 1. The van der Waals surface area contributed by atoms with Crippen LogP contribution in [0.2, 0.25) is 0 Å². The Hall–Kier alpha value is -1.80. The van der Waals surface area contributed by atoms with Gasteiger partial charge >= 0.3 is 5.97 Å². The minimum absolute atomic E-state index is 0.00435. The Morgan fingerprint density at radius 1 is 1.50 bits per heavy atom. The van der Waals surface area contributed by atoms with E-state index < -0.39 is 16.0 Å². The summed E-state index contributed by atoms with van der Waals surface area (Å²) in [6, 6.07) is 3.99. The van der Waals surface area contributed by atoms with Crippen molar-refractivity contribution in [2.24, 2.45) is 0 Å². The molecular formula is C12H16N2O5S. The minimum Gasteiger partial charge on any atom is -0.478 e. The van der Waals surface area contributed by atoms with Crippen LogP contribution in [0.1, 0.15) is 23.2 Å². The molecule has 0 bridgehead atoms. The van der Waals surface area contributed by atoms with Gasteiger partial charge in [0.2, 0.25) is 10.0 Å². The third kappa shape index (κ3) is 3.61. The number of nitrogens with two attached hydrogens (primary N) is 1. The molecule has 1 aromatic rings. The second-order valence-corrected chi connectivity index (χ2v) is 6.40. The van der Waals surface area contributed by atoms with Gasteiger partial charge in [-0.05, 0) is 31.0 Å².